The van der Waals surface area contributed by atoms with Crippen molar-refractivity contribution in [1.82, 2.24) is 0 Å². The lowest BCUT2D eigenvalue weighted by molar-refractivity contribution is -0.384. The zero-order valence-electron chi connectivity index (χ0n) is 13.7. The molecule has 0 amide bonds. The fourth-order valence-corrected chi connectivity index (χ4v) is 2.29. The van der Waals surface area contributed by atoms with Crippen LogP contribution in [0.2, 0.25) is 0 Å². The number of carbonyl (C=O) groups is 1. The number of hydrogen-bond donors (Lipinski definition) is 0. The summed E-state index contributed by atoms with van der Waals surface area (Å²) in [6.45, 7) is 0.323. The highest BCUT2D eigenvalue weighted by Crippen LogP contribution is 2.32. The van der Waals surface area contributed by atoms with Crippen LogP contribution in [0.25, 0.3) is 12.2 Å². The molecule has 0 N–H and O–H groups in total. The molecule has 0 saturated heterocycles. The highest BCUT2D eigenvalue weighted by molar-refractivity contribution is 5.87. The van der Waals surface area contributed by atoms with Crippen molar-refractivity contribution in [2.75, 3.05) is 13.4 Å². The topological polar surface area (TPSA) is 87.9 Å². The van der Waals surface area contributed by atoms with Crippen LogP contribution in [-0.2, 0) is 9.53 Å². The lowest BCUT2D eigenvalue weighted by Gasteiger charge is -1.99. The van der Waals surface area contributed by atoms with Gasteiger partial charge in [0.15, 0.2) is 11.5 Å². The van der Waals surface area contributed by atoms with E-state index in [9.17, 15) is 14.9 Å². The Morgan fingerprint density at radius 3 is 2.77 bits per heavy atom. The number of non-ortho nitro benzene ring substituents is 1. The molecule has 3 rings (SSSR count). The van der Waals surface area contributed by atoms with Gasteiger partial charge in [-0.3, -0.25) is 10.1 Å². The molecule has 1 heterocycles. The van der Waals surface area contributed by atoms with Crippen molar-refractivity contribution < 1.29 is 23.9 Å². The molecular weight excluding hydrogens is 338 g/mol. The third kappa shape index (κ3) is 4.47. The number of hydrogen-bond acceptors (Lipinski definition) is 6. The molecular formula is C19H15NO6. The molecule has 0 spiro atoms. The number of ether oxygens (including phenoxy) is 3. The fraction of sp³-hybridized carbons (Fsp3) is 0.105. The average Bonchev–Trinajstić information content (AvgIpc) is 3.11. The minimum atomic E-state index is -0.535. The molecule has 26 heavy (non-hydrogen) atoms. The van der Waals surface area contributed by atoms with Gasteiger partial charge < -0.3 is 14.2 Å². The van der Waals surface area contributed by atoms with Gasteiger partial charge in [-0.05, 0) is 35.4 Å². The maximum Gasteiger partial charge on any atom is 0.331 e. The molecule has 2 aromatic carbocycles. The van der Waals surface area contributed by atoms with Gasteiger partial charge in [0.2, 0.25) is 6.79 Å². The summed E-state index contributed by atoms with van der Waals surface area (Å²) in [5, 5.41) is 10.7. The van der Waals surface area contributed by atoms with E-state index >= 15 is 0 Å². The first-order chi connectivity index (χ1) is 12.6. The Hall–Kier alpha value is -3.61. The first-order valence-electron chi connectivity index (χ1n) is 7.77. The summed E-state index contributed by atoms with van der Waals surface area (Å²) < 4.78 is 15.6. The Bertz CT molecular complexity index is 887. The van der Waals surface area contributed by atoms with Crippen molar-refractivity contribution in [2.24, 2.45) is 0 Å². The number of rotatable bonds is 6. The molecule has 0 saturated carbocycles. The Kier molecular flexibility index (Phi) is 5.28. The number of nitro benzene ring substituents is 1. The Balaban J connectivity index is 1.49. The lowest BCUT2D eigenvalue weighted by Crippen LogP contribution is -1.99. The Morgan fingerprint density at radius 1 is 1.12 bits per heavy atom. The van der Waals surface area contributed by atoms with Crippen molar-refractivity contribution in [2.45, 2.75) is 0 Å². The summed E-state index contributed by atoms with van der Waals surface area (Å²) in [6, 6.07) is 11.5. The molecule has 0 fully saturated rings. The smallest absolute Gasteiger partial charge is 0.331 e. The van der Waals surface area contributed by atoms with Gasteiger partial charge in [0.1, 0.15) is 6.61 Å². The Morgan fingerprint density at radius 2 is 1.92 bits per heavy atom. The molecule has 0 bridgehead atoms. The standard InChI is InChI=1S/C19H15NO6/c21-19(9-7-14-3-1-5-16(11-14)20(22)23)24-10-2-4-15-6-8-17-18(12-15)26-13-25-17/h1-9,11-12H,10,13H2. The molecule has 7 nitrogen and oxygen atoms in total. The number of esters is 1. The van der Waals surface area contributed by atoms with Crippen molar-refractivity contribution in [3.05, 3.63) is 75.9 Å². The lowest BCUT2D eigenvalue weighted by atomic mass is 10.2. The van der Waals surface area contributed by atoms with Crippen molar-refractivity contribution in [1.29, 1.82) is 0 Å². The number of carbonyl (C=O) groups excluding carboxylic acids is 1. The SMILES string of the molecule is O=C(C=Cc1cccc([N+](=O)[O-])c1)OCC=Cc1ccc2c(c1)OCO2. The van der Waals surface area contributed by atoms with Crippen LogP contribution in [0.15, 0.2) is 54.6 Å². The summed E-state index contributed by atoms with van der Waals surface area (Å²) in [7, 11) is 0. The van der Waals surface area contributed by atoms with E-state index in [-0.39, 0.29) is 19.1 Å². The van der Waals surface area contributed by atoms with E-state index in [1.54, 1.807) is 24.3 Å². The predicted octanol–water partition coefficient (Wildman–Crippen LogP) is 3.59. The van der Waals surface area contributed by atoms with Crippen LogP contribution < -0.4 is 9.47 Å². The highest BCUT2D eigenvalue weighted by atomic mass is 16.7. The van der Waals surface area contributed by atoms with E-state index in [1.165, 1.54) is 24.3 Å². The third-order valence-electron chi connectivity index (χ3n) is 3.52. The van der Waals surface area contributed by atoms with Crippen LogP contribution in [0.4, 0.5) is 5.69 Å². The van der Waals surface area contributed by atoms with Gasteiger partial charge in [0, 0.05) is 18.2 Å². The summed E-state index contributed by atoms with van der Waals surface area (Å²) >= 11 is 0. The minimum Gasteiger partial charge on any atom is -0.458 e. The molecule has 0 unspecified atom stereocenters. The molecule has 0 aromatic heterocycles. The van der Waals surface area contributed by atoms with Gasteiger partial charge in [0.25, 0.3) is 5.69 Å². The molecule has 0 atom stereocenters. The minimum absolute atomic E-state index is 0.0350. The van der Waals surface area contributed by atoms with Gasteiger partial charge >= 0.3 is 5.97 Å². The molecule has 1 aliphatic heterocycles. The average molecular weight is 353 g/mol. The second-order valence-corrected chi connectivity index (χ2v) is 5.33. The molecule has 0 aliphatic carbocycles. The normalized spacial score (nSPS) is 12.6. The van der Waals surface area contributed by atoms with Crippen molar-refractivity contribution in [3.8, 4) is 11.5 Å². The van der Waals surface area contributed by atoms with Crippen LogP contribution >= 0.6 is 0 Å². The Labute approximate surface area is 149 Å². The maximum atomic E-state index is 11.7. The van der Waals surface area contributed by atoms with Gasteiger partial charge in [-0.1, -0.05) is 24.3 Å². The van der Waals surface area contributed by atoms with Gasteiger partial charge in [0.05, 0.1) is 4.92 Å². The quantitative estimate of drug-likeness (QED) is 0.341. The van der Waals surface area contributed by atoms with Crippen LogP contribution in [0.5, 0.6) is 11.5 Å². The van der Waals surface area contributed by atoms with E-state index in [4.69, 9.17) is 14.2 Å². The van der Waals surface area contributed by atoms with Crippen LogP contribution in [0, 0.1) is 10.1 Å². The van der Waals surface area contributed by atoms with E-state index < -0.39 is 10.9 Å². The molecule has 132 valence electrons. The zero-order valence-corrected chi connectivity index (χ0v) is 13.7. The fourth-order valence-electron chi connectivity index (χ4n) is 2.29. The zero-order chi connectivity index (χ0) is 18.4. The van der Waals surface area contributed by atoms with E-state index in [1.807, 2.05) is 18.2 Å². The van der Waals surface area contributed by atoms with Gasteiger partial charge in [-0.25, -0.2) is 4.79 Å². The first kappa shape index (κ1) is 17.2. The number of benzene rings is 2. The third-order valence-corrected chi connectivity index (χ3v) is 3.52. The van der Waals surface area contributed by atoms with E-state index in [0.29, 0.717) is 17.1 Å². The van der Waals surface area contributed by atoms with Crippen LogP contribution in [-0.4, -0.2) is 24.3 Å². The van der Waals surface area contributed by atoms with Crippen molar-refractivity contribution in [3.63, 3.8) is 0 Å². The van der Waals surface area contributed by atoms with Crippen molar-refractivity contribution >= 4 is 23.8 Å². The summed E-state index contributed by atoms with van der Waals surface area (Å²) in [5.41, 5.74) is 1.41. The van der Waals surface area contributed by atoms with Gasteiger partial charge in [-0.2, -0.15) is 0 Å². The summed E-state index contributed by atoms with van der Waals surface area (Å²) in [4.78, 5) is 21.9. The second kappa shape index (κ2) is 7.98. The first-order valence-corrected chi connectivity index (χ1v) is 7.77. The number of nitrogens with zero attached hydrogens (tertiary/aromatic N) is 1. The number of fused-ring (bicyclic) bond motifs is 1. The summed E-state index contributed by atoms with van der Waals surface area (Å²) in [6.07, 6.45) is 6.21. The highest BCUT2D eigenvalue weighted by Gasteiger charge is 2.12. The number of nitro groups is 1. The van der Waals surface area contributed by atoms with Crippen LogP contribution in [0.1, 0.15) is 11.1 Å². The van der Waals surface area contributed by atoms with Gasteiger partial charge in [-0.15, -0.1) is 0 Å². The predicted molar refractivity (Wildman–Crippen MR) is 94.7 cm³/mol. The molecule has 2 aromatic rings. The van der Waals surface area contributed by atoms with E-state index in [2.05, 4.69) is 0 Å². The molecule has 0 radical (unpaired) electrons. The summed E-state index contributed by atoms with van der Waals surface area (Å²) in [5.74, 6) is 0.857. The molecule has 7 heteroatoms. The largest absolute Gasteiger partial charge is 0.458 e. The van der Waals surface area contributed by atoms with E-state index in [0.717, 1.165) is 5.56 Å². The monoisotopic (exact) mass is 353 g/mol. The molecule has 1 aliphatic rings. The second-order valence-electron chi connectivity index (χ2n) is 5.33. The van der Waals surface area contributed by atoms with Crippen LogP contribution in [0.3, 0.4) is 0 Å². The maximum absolute atomic E-state index is 11.7.